The molecule has 146 valence electrons. The molecule has 0 aliphatic rings. The van der Waals surface area contributed by atoms with E-state index < -0.39 is 28.5 Å². The van der Waals surface area contributed by atoms with Crippen LogP contribution in [-0.2, 0) is 9.47 Å². The normalized spacial score (nSPS) is 10.1. The van der Waals surface area contributed by atoms with Crippen molar-refractivity contribution < 1.29 is 28.8 Å². The van der Waals surface area contributed by atoms with Gasteiger partial charge in [-0.2, -0.15) is 0 Å². The van der Waals surface area contributed by atoms with Crippen molar-refractivity contribution in [2.45, 2.75) is 13.8 Å². The number of anilines is 1. The maximum Gasteiger partial charge on any atom is 0.338 e. The molecule has 9 nitrogen and oxygen atoms in total. The first kappa shape index (κ1) is 20.6. The number of benzene rings is 2. The molecule has 2 aromatic rings. The van der Waals surface area contributed by atoms with E-state index in [0.717, 1.165) is 12.1 Å². The summed E-state index contributed by atoms with van der Waals surface area (Å²) >= 11 is 0. The van der Waals surface area contributed by atoms with E-state index in [1.165, 1.54) is 25.3 Å². The number of ether oxygens (including phenoxy) is 2. The number of nitrogens with zero attached hydrogens (tertiary/aromatic N) is 1. The zero-order valence-electron chi connectivity index (χ0n) is 15.5. The van der Waals surface area contributed by atoms with Gasteiger partial charge >= 0.3 is 11.9 Å². The predicted molar refractivity (Wildman–Crippen MR) is 99.5 cm³/mol. The molecule has 0 radical (unpaired) electrons. The number of aryl methyl sites for hydroxylation is 1. The molecule has 2 rings (SSSR count). The van der Waals surface area contributed by atoms with Gasteiger partial charge < -0.3 is 14.8 Å². The molecular formula is C19H18N2O7. The molecule has 0 aliphatic carbocycles. The van der Waals surface area contributed by atoms with Crippen LogP contribution in [0.1, 0.15) is 43.6 Å². The maximum atomic E-state index is 12.6. The number of carbonyl (C=O) groups excluding carboxylic acids is 3. The third kappa shape index (κ3) is 4.70. The van der Waals surface area contributed by atoms with Gasteiger partial charge in [-0.15, -0.1) is 0 Å². The van der Waals surface area contributed by atoms with Crippen LogP contribution in [0.5, 0.6) is 0 Å². The highest BCUT2D eigenvalue weighted by Crippen LogP contribution is 2.22. The first-order valence-corrected chi connectivity index (χ1v) is 8.23. The van der Waals surface area contributed by atoms with Gasteiger partial charge in [0.2, 0.25) is 0 Å². The Kier molecular flexibility index (Phi) is 6.43. The lowest BCUT2D eigenvalue weighted by Crippen LogP contribution is -2.15. The number of nitro groups is 1. The summed E-state index contributed by atoms with van der Waals surface area (Å²) in [6, 6.07) is 7.87. The van der Waals surface area contributed by atoms with Gasteiger partial charge in [-0.05, 0) is 43.7 Å². The zero-order valence-corrected chi connectivity index (χ0v) is 15.5. The lowest BCUT2D eigenvalue weighted by atomic mass is 10.1. The fourth-order valence-corrected chi connectivity index (χ4v) is 2.42. The Morgan fingerprint density at radius 2 is 1.71 bits per heavy atom. The highest BCUT2D eigenvalue weighted by atomic mass is 16.6. The van der Waals surface area contributed by atoms with E-state index in [1.54, 1.807) is 19.9 Å². The second-order valence-corrected chi connectivity index (χ2v) is 5.72. The minimum atomic E-state index is -0.765. The third-order valence-corrected chi connectivity index (χ3v) is 3.80. The van der Waals surface area contributed by atoms with Crippen molar-refractivity contribution in [3.8, 4) is 0 Å². The molecule has 0 bridgehead atoms. The second-order valence-electron chi connectivity index (χ2n) is 5.72. The molecule has 0 fully saturated rings. The molecule has 0 aliphatic heterocycles. The average Bonchev–Trinajstić information content (AvgIpc) is 2.68. The minimum absolute atomic E-state index is 0.0753. The van der Waals surface area contributed by atoms with Crippen molar-refractivity contribution >= 4 is 29.2 Å². The first-order chi connectivity index (χ1) is 13.3. The Morgan fingerprint density at radius 1 is 1.04 bits per heavy atom. The summed E-state index contributed by atoms with van der Waals surface area (Å²) in [5, 5.41) is 13.7. The van der Waals surface area contributed by atoms with E-state index in [-0.39, 0.29) is 17.7 Å². The van der Waals surface area contributed by atoms with Gasteiger partial charge in [-0.1, -0.05) is 0 Å². The molecule has 2 aromatic carbocycles. The smallest absolute Gasteiger partial charge is 0.338 e. The topological polar surface area (TPSA) is 125 Å². The van der Waals surface area contributed by atoms with Crippen LogP contribution >= 0.6 is 0 Å². The number of non-ortho nitro benzene ring substituents is 1. The van der Waals surface area contributed by atoms with Crippen molar-refractivity contribution in [1.82, 2.24) is 0 Å². The van der Waals surface area contributed by atoms with E-state index in [4.69, 9.17) is 4.74 Å². The van der Waals surface area contributed by atoms with Crippen molar-refractivity contribution in [2.75, 3.05) is 19.0 Å². The van der Waals surface area contributed by atoms with Crippen LogP contribution in [0.15, 0.2) is 36.4 Å². The maximum absolute atomic E-state index is 12.6. The Labute approximate surface area is 160 Å². The molecule has 1 N–H and O–H groups in total. The van der Waals surface area contributed by atoms with Crippen LogP contribution < -0.4 is 5.32 Å². The number of methoxy groups -OCH3 is 1. The van der Waals surface area contributed by atoms with Gasteiger partial charge in [0.25, 0.3) is 11.6 Å². The number of nitro benzene ring substituents is 1. The molecule has 1 amide bonds. The lowest BCUT2D eigenvalue weighted by molar-refractivity contribution is -0.384. The van der Waals surface area contributed by atoms with Crippen molar-refractivity contribution in [3.05, 3.63) is 68.8 Å². The van der Waals surface area contributed by atoms with Crippen LogP contribution in [0.4, 0.5) is 11.4 Å². The monoisotopic (exact) mass is 386 g/mol. The molecule has 28 heavy (non-hydrogen) atoms. The van der Waals surface area contributed by atoms with Crippen molar-refractivity contribution in [3.63, 3.8) is 0 Å². The standard InChI is InChI=1S/C19H18N2O7/c1-4-28-19(24)14-8-13(9-15(10-14)21(25)26)17(22)20-16-6-5-12(7-11(16)2)18(23)27-3/h5-10H,4H2,1-3H3,(H,20,22). The van der Waals surface area contributed by atoms with E-state index in [1.807, 2.05) is 0 Å². The molecule has 0 spiro atoms. The van der Waals surface area contributed by atoms with Gasteiger partial charge in [0.1, 0.15) is 0 Å². The largest absolute Gasteiger partial charge is 0.465 e. The van der Waals surface area contributed by atoms with E-state index in [0.29, 0.717) is 16.8 Å². The Morgan fingerprint density at radius 3 is 2.29 bits per heavy atom. The summed E-state index contributed by atoms with van der Waals surface area (Å²) in [6.07, 6.45) is 0. The average molecular weight is 386 g/mol. The van der Waals surface area contributed by atoms with Gasteiger partial charge in [0, 0.05) is 23.4 Å². The number of esters is 2. The number of rotatable bonds is 6. The van der Waals surface area contributed by atoms with Crippen LogP contribution in [0.25, 0.3) is 0 Å². The Bertz CT molecular complexity index is 953. The summed E-state index contributed by atoms with van der Waals surface area (Å²) < 4.78 is 9.48. The molecule has 0 atom stereocenters. The van der Waals surface area contributed by atoms with Gasteiger partial charge in [-0.3, -0.25) is 14.9 Å². The molecular weight excluding hydrogens is 368 g/mol. The lowest BCUT2D eigenvalue weighted by Gasteiger charge is -2.10. The molecule has 0 saturated heterocycles. The fourth-order valence-electron chi connectivity index (χ4n) is 2.42. The summed E-state index contributed by atoms with van der Waals surface area (Å²) in [6.45, 7) is 3.37. The van der Waals surface area contributed by atoms with Gasteiger partial charge in [-0.25, -0.2) is 9.59 Å². The Balaban J connectivity index is 2.34. The summed E-state index contributed by atoms with van der Waals surface area (Å²) in [5.74, 6) is -1.93. The van der Waals surface area contributed by atoms with Crippen molar-refractivity contribution in [1.29, 1.82) is 0 Å². The van der Waals surface area contributed by atoms with Crippen LogP contribution in [0, 0.1) is 17.0 Å². The minimum Gasteiger partial charge on any atom is -0.465 e. The van der Waals surface area contributed by atoms with E-state index >= 15 is 0 Å². The number of nitrogens with one attached hydrogen (secondary N) is 1. The molecule has 0 saturated carbocycles. The van der Waals surface area contributed by atoms with Crippen LogP contribution in [0.2, 0.25) is 0 Å². The number of hydrogen-bond donors (Lipinski definition) is 1. The summed E-state index contributed by atoms with van der Waals surface area (Å²) in [5.41, 5.74) is 0.730. The number of amides is 1. The zero-order chi connectivity index (χ0) is 20.8. The molecule has 0 unspecified atom stereocenters. The first-order valence-electron chi connectivity index (χ1n) is 8.23. The third-order valence-electron chi connectivity index (χ3n) is 3.80. The van der Waals surface area contributed by atoms with Crippen LogP contribution in [-0.4, -0.2) is 36.5 Å². The van der Waals surface area contributed by atoms with Crippen LogP contribution in [0.3, 0.4) is 0 Å². The second kappa shape index (κ2) is 8.76. The molecule has 0 heterocycles. The van der Waals surface area contributed by atoms with E-state index in [9.17, 15) is 24.5 Å². The van der Waals surface area contributed by atoms with Crippen molar-refractivity contribution in [2.24, 2.45) is 0 Å². The number of carbonyl (C=O) groups is 3. The summed E-state index contributed by atoms with van der Waals surface area (Å²) in [7, 11) is 1.26. The fraction of sp³-hybridized carbons (Fsp3) is 0.211. The SMILES string of the molecule is CCOC(=O)c1cc(C(=O)Nc2ccc(C(=O)OC)cc2C)cc([N+](=O)[O-])c1. The predicted octanol–water partition coefficient (Wildman–Crippen LogP) is 3.12. The Hall–Kier alpha value is -3.75. The van der Waals surface area contributed by atoms with Gasteiger partial charge in [0.15, 0.2) is 0 Å². The quantitative estimate of drug-likeness (QED) is 0.459. The number of hydrogen-bond acceptors (Lipinski definition) is 7. The van der Waals surface area contributed by atoms with Gasteiger partial charge in [0.05, 0.1) is 29.8 Å². The highest BCUT2D eigenvalue weighted by molar-refractivity contribution is 6.06. The molecule has 9 heteroatoms. The highest BCUT2D eigenvalue weighted by Gasteiger charge is 2.19. The molecule has 0 aromatic heterocycles. The van der Waals surface area contributed by atoms with E-state index in [2.05, 4.69) is 10.1 Å². The summed E-state index contributed by atoms with van der Waals surface area (Å²) in [4.78, 5) is 46.5.